The van der Waals surface area contributed by atoms with Crippen LogP contribution in [0.2, 0.25) is 0 Å². The minimum atomic E-state index is 0.0756. The Hall–Kier alpha value is -2.36. The molecule has 108 valence electrons. The first-order chi connectivity index (χ1) is 10.1. The highest BCUT2D eigenvalue weighted by Crippen LogP contribution is 2.35. The Kier molecular flexibility index (Phi) is 3.60. The fourth-order valence-corrected chi connectivity index (χ4v) is 2.74. The summed E-state index contributed by atoms with van der Waals surface area (Å²) in [5.74, 6) is 0.858. The molecule has 3 rings (SSSR count). The number of anilines is 2. The second-order valence-corrected chi connectivity index (χ2v) is 5.80. The number of nitrogen functional groups attached to an aromatic ring is 1. The van der Waals surface area contributed by atoms with E-state index < -0.39 is 0 Å². The topological polar surface area (TPSA) is 68.0 Å². The highest BCUT2D eigenvalue weighted by Gasteiger charge is 2.31. The molecule has 1 fully saturated rings. The van der Waals surface area contributed by atoms with Crippen LogP contribution < -0.4 is 11.1 Å². The standard InChI is InChI=1S/C17H19N3O/c1-11-8-14(9-11)17(21)20-16-10-13(2-3-15(16)18)12-4-6-19-7-5-12/h2-7,10-11,14H,8-9,18H2,1H3,(H,20,21). The summed E-state index contributed by atoms with van der Waals surface area (Å²) in [7, 11) is 0. The number of rotatable bonds is 3. The van der Waals surface area contributed by atoms with E-state index in [0.717, 1.165) is 24.0 Å². The van der Waals surface area contributed by atoms with E-state index in [1.54, 1.807) is 12.4 Å². The number of pyridine rings is 1. The molecule has 1 aliphatic carbocycles. The van der Waals surface area contributed by atoms with Gasteiger partial charge in [0.05, 0.1) is 11.4 Å². The van der Waals surface area contributed by atoms with Crippen LogP contribution in [-0.4, -0.2) is 10.9 Å². The minimum Gasteiger partial charge on any atom is -0.397 e. The number of hydrogen-bond acceptors (Lipinski definition) is 3. The molecule has 3 N–H and O–H groups in total. The van der Waals surface area contributed by atoms with Crippen molar-refractivity contribution in [1.82, 2.24) is 4.98 Å². The molecule has 21 heavy (non-hydrogen) atoms. The molecular formula is C17H19N3O. The molecule has 0 saturated heterocycles. The first kappa shape index (κ1) is 13.6. The van der Waals surface area contributed by atoms with Gasteiger partial charge in [0.25, 0.3) is 0 Å². The predicted molar refractivity (Wildman–Crippen MR) is 84.6 cm³/mol. The molecule has 0 radical (unpaired) electrons. The monoisotopic (exact) mass is 281 g/mol. The fourth-order valence-electron chi connectivity index (χ4n) is 2.74. The van der Waals surface area contributed by atoms with Gasteiger partial charge in [-0.15, -0.1) is 0 Å². The van der Waals surface area contributed by atoms with E-state index in [1.807, 2.05) is 30.3 Å². The Morgan fingerprint density at radius 1 is 1.19 bits per heavy atom. The van der Waals surface area contributed by atoms with Crippen molar-refractivity contribution in [3.8, 4) is 11.1 Å². The second-order valence-electron chi connectivity index (χ2n) is 5.80. The molecule has 1 heterocycles. The number of nitrogens with two attached hydrogens (primary N) is 1. The summed E-state index contributed by atoms with van der Waals surface area (Å²) in [6, 6.07) is 9.57. The average molecular weight is 281 g/mol. The highest BCUT2D eigenvalue weighted by molar-refractivity contribution is 5.96. The molecule has 0 spiro atoms. The molecule has 2 aromatic rings. The maximum atomic E-state index is 12.2. The summed E-state index contributed by atoms with van der Waals surface area (Å²) in [5.41, 5.74) is 9.33. The van der Waals surface area contributed by atoms with Gasteiger partial charge < -0.3 is 11.1 Å². The van der Waals surface area contributed by atoms with E-state index >= 15 is 0 Å². The first-order valence-corrected chi connectivity index (χ1v) is 7.24. The van der Waals surface area contributed by atoms with Gasteiger partial charge in [0, 0.05) is 18.3 Å². The van der Waals surface area contributed by atoms with Gasteiger partial charge in [-0.2, -0.15) is 0 Å². The van der Waals surface area contributed by atoms with E-state index in [-0.39, 0.29) is 11.8 Å². The third-order valence-electron chi connectivity index (χ3n) is 4.07. The van der Waals surface area contributed by atoms with E-state index in [4.69, 9.17) is 5.73 Å². The van der Waals surface area contributed by atoms with Crippen LogP contribution in [0.5, 0.6) is 0 Å². The number of carbonyl (C=O) groups excluding carboxylic acids is 1. The summed E-state index contributed by atoms with van der Waals surface area (Å²) < 4.78 is 0. The molecule has 1 aromatic heterocycles. The summed E-state index contributed by atoms with van der Waals surface area (Å²) in [6.07, 6.45) is 5.44. The first-order valence-electron chi connectivity index (χ1n) is 7.24. The number of nitrogens with one attached hydrogen (secondary N) is 1. The zero-order valence-electron chi connectivity index (χ0n) is 12.0. The maximum Gasteiger partial charge on any atom is 0.227 e. The molecule has 4 heteroatoms. The molecule has 0 unspecified atom stereocenters. The summed E-state index contributed by atoms with van der Waals surface area (Å²) in [6.45, 7) is 2.17. The average Bonchev–Trinajstić information content (AvgIpc) is 2.47. The molecule has 1 saturated carbocycles. The molecule has 4 nitrogen and oxygen atoms in total. The Labute approximate surface area is 124 Å². The SMILES string of the molecule is CC1CC(C(=O)Nc2cc(-c3ccncc3)ccc2N)C1. The van der Waals surface area contributed by atoms with Crippen LogP contribution in [0.1, 0.15) is 19.8 Å². The van der Waals surface area contributed by atoms with Crippen LogP contribution in [0.25, 0.3) is 11.1 Å². The van der Waals surface area contributed by atoms with Gasteiger partial charge in [-0.1, -0.05) is 13.0 Å². The lowest BCUT2D eigenvalue weighted by Crippen LogP contribution is -2.33. The van der Waals surface area contributed by atoms with Crippen molar-refractivity contribution in [2.45, 2.75) is 19.8 Å². The van der Waals surface area contributed by atoms with Gasteiger partial charge in [-0.3, -0.25) is 9.78 Å². The Bertz CT molecular complexity index is 648. The van der Waals surface area contributed by atoms with Gasteiger partial charge in [-0.25, -0.2) is 0 Å². The Morgan fingerprint density at radius 2 is 1.90 bits per heavy atom. The van der Waals surface area contributed by atoms with Crippen molar-refractivity contribution < 1.29 is 4.79 Å². The minimum absolute atomic E-state index is 0.0756. The second kappa shape index (κ2) is 5.56. The molecular weight excluding hydrogens is 262 g/mol. The highest BCUT2D eigenvalue weighted by atomic mass is 16.1. The van der Waals surface area contributed by atoms with Crippen molar-refractivity contribution in [1.29, 1.82) is 0 Å². The van der Waals surface area contributed by atoms with Crippen LogP contribution >= 0.6 is 0 Å². The van der Waals surface area contributed by atoms with Crippen LogP contribution in [-0.2, 0) is 4.79 Å². The van der Waals surface area contributed by atoms with Gasteiger partial charge in [-0.05, 0) is 54.2 Å². The summed E-state index contributed by atoms with van der Waals surface area (Å²) >= 11 is 0. The number of amides is 1. The van der Waals surface area contributed by atoms with E-state index in [0.29, 0.717) is 17.3 Å². The number of hydrogen-bond donors (Lipinski definition) is 2. The molecule has 0 aliphatic heterocycles. The number of aromatic nitrogens is 1. The van der Waals surface area contributed by atoms with Crippen molar-refractivity contribution in [3.63, 3.8) is 0 Å². The smallest absolute Gasteiger partial charge is 0.227 e. The van der Waals surface area contributed by atoms with Crippen molar-refractivity contribution >= 4 is 17.3 Å². The number of carbonyl (C=O) groups is 1. The quantitative estimate of drug-likeness (QED) is 0.848. The number of benzene rings is 1. The van der Waals surface area contributed by atoms with Crippen molar-refractivity contribution in [2.75, 3.05) is 11.1 Å². The van der Waals surface area contributed by atoms with Crippen molar-refractivity contribution in [2.24, 2.45) is 11.8 Å². The van der Waals surface area contributed by atoms with E-state index in [9.17, 15) is 4.79 Å². The largest absolute Gasteiger partial charge is 0.397 e. The molecule has 1 aliphatic rings. The van der Waals surface area contributed by atoms with Gasteiger partial charge in [0.2, 0.25) is 5.91 Å². The van der Waals surface area contributed by atoms with Crippen LogP contribution in [0.4, 0.5) is 11.4 Å². The molecule has 1 aromatic carbocycles. The lowest BCUT2D eigenvalue weighted by atomic mass is 9.75. The van der Waals surface area contributed by atoms with E-state index in [2.05, 4.69) is 17.2 Å². The van der Waals surface area contributed by atoms with Crippen molar-refractivity contribution in [3.05, 3.63) is 42.7 Å². The lowest BCUT2D eigenvalue weighted by Gasteiger charge is -2.31. The Balaban J connectivity index is 1.80. The molecule has 0 bridgehead atoms. The normalized spacial score (nSPS) is 20.6. The van der Waals surface area contributed by atoms with Gasteiger partial charge >= 0.3 is 0 Å². The van der Waals surface area contributed by atoms with Crippen LogP contribution in [0.3, 0.4) is 0 Å². The third-order valence-corrected chi connectivity index (χ3v) is 4.07. The van der Waals surface area contributed by atoms with Gasteiger partial charge in [0.15, 0.2) is 0 Å². The Morgan fingerprint density at radius 3 is 2.57 bits per heavy atom. The fraction of sp³-hybridized carbons (Fsp3) is 0.294. The number of nitrogens with zero attached hydrogens (tertiary/aromatic N) is 1. The molecule has 0 atom stereocenters. The molecule has 1 amide bonds. The van der Waals surface area contributed by atoms with Gasteiger partial charge in [0.1, 0.15) is 0 Å². The maximum absolute atomic E-state index is 12.2. The third kappa shape index (κ3) is 2.89. The van der Waals surface area contributed by atoms with Crippen LogP contribution in [0, 0.1) is 11.8 Å². The summed E-state index contributed by atoms with van der Waals surface area (Å²) in [4.78, 5) is 16.2. The zero-order valence-corrected chi connectivity index (χ0v) is 12.0. The predicted octanol–water partition coefficient (Wildman–Crippen LogP) is 3.32. The van der Waals surface area contributed by atoms with Crippen LogP contribution in [0.15, 0.2) is 42.7 Å². The van der Waals surface area contributed by atoms with E-state index in [1.165, 1.54) is 0 Å². The lowest BCUT2D eigenvalue weighted by molar-refractivity contribution is -0.123. The summed E-state index contributed by atoms with van der Waals surface area (Å²) in [5, 5.41) is 2.96. The zero-order chi connectivity index (χ0) is 14.8.